The fourth-order valence-electron chi connectivity index (χ4n) is 4.35. The second-order valence-corrected chi connectivity index (χ2v) is 11.8. The number of sulfonamides is 1. The minimum absolute atomic E-state index is 0.0921. The topological polar surface area (TPSA) is 96.0 Å². The zero-order valence-electron chi connectivity index (χ0n) is 23.8. The summed E-state index contributed by atoms with van der Waals surface area (Å²) in [6, 6.07) is 22.8. The van der Waals surface area contributed by atoms with Crippen LogP contribution in [0, 0.1) is 6.92 Å². The maximum atomic E-state index is 14.1. The van der Waals surface area contributed by atoms with Gasteiger partial charge in [-0.25, -0.2) is 8.42 Å². The van der Waals surface area contributed by atoms with Crippen LogP contribution in [0.1, 0.15) is 37.0 Å². The van der Waals surface area contributed by atoms with Crippen molar-refractivity contribution >= 4 is 27.5 Å². The molecule has 0 fully saturated rings. The van der Waals surface area contributed by atoms with Gasteiger partial charge in [-0.2, -0.15) is 0 Å². The van der Waals surface area contributed by atoms with Crippen LogP contribution in [0.4, 0.5) is 5.69 Å². The van der Waals surface area contributed by atoms with E-state index in [0.717, 1.165) is 33.7 Å². The van der Waals surface area contributed by atoms with Gasteiger partial charge >= 0.3 is 0 Å². The average molecular weight is 566 g/mol. The van der Waals surface area contributed by atoms with Crippen LogP contribution in [0.3, 0.4) is 0 Å². The van der Waals surface area contributed by atoms with Gasteiger partial charge in [0.15, 0.2) is 0 Å². The average Bonchev–Trinajstić information content (AvgIpc) is 2.94. The van der Waals surface area contributed by atoms with Crippen LogP contribution in [0.2, 0.25) is 0 Å². The van der Waals surface area contributed by atoms with Gasteiger partial charge in [-0.15, -0.1) is 0 Å². The molecule has 0 radical (unpaired) electrons. The molecule has 40 heavy (non-hydrogen) atoms. The number of nitrogens with zero attached hydrogens (tertiary/aromatic N) is 2. The van der Waals surface area contributed by atoms with E-state index in [9.17, 15) is 18.0 Å². The molecule has 1 N–H and O–H groups in total. The molecule has 0 aliphatic carbocycles. The van der Waals surface area contributed by atoms with Crippen LogP contribution in [0.15, 0.2) is 78.9 Å². The molecule has 0 aromatic heterocycles. The van der Waals surface area contributed by atoms with Crippen LogP contribution < -0.4 is 14.4 Å². The van der Waals surface area contributed by atoms with Crippen LogP contribution in [-0.2, 0) is 32.6 Å². The zero-order chi connectivity index (χ0) is 29.3. The normalized spacial score (nSPS) is 12.7. The van der Waals surface area contributed by atoms with Gasteiger partial charge in [0.1, 0.15) is 18.3 Å². The van der Waals surface area contributed by atoms with E-state index in [1.807, 2.05) is 75.4 Å². The molecule has 0 spiro atoms. The summed E-state index contributed by atoms with van der Waals surface area (Å²) in [5.41, 5.74) is 3.03. The van der Waals surface area contributed by atoms with Gasteiger partial charge < -0.3 is 15.0 Å². The van der Waals surface area contributed by atoms with Crippen molar-refractivity contribution in [3.8, 4) is 5.75 Å². The van der Waals surface area contributed by atoms with Gasteiger partial charge in [-0.1, -0.05) is 67.6 Å². The third-order valence-electron chi connectivity index (χ3n) is 6.89. The molecule has 214 valence electrons. The molecule has 0 heterocycles. The lowest BCUT2D eigenvalue weighted by Crippen LogP contribution is -2.54. The van der Waals surface area contributed by atoms with Crippen molar-refractivity contribution in [1.29, 1.82) is 0 Å². The van der Waals surface area contributed by atoms with E-state index in [2.05, 4.69) is 5.32 Å². The van der Waals surface area contributed by atoms with E-state index in [1.54, 1.807) is 24.3 Å². The van der Waals surface area contributed by atoms with E-state index >= 15 is 0 Å². The highest BCUT2D eigenvalue weighted by molar-refractivity contribution is 7.92. The van der Waals surface area contributed by atoms with E-state index in [1.165, 1.54) is 12.0 Å². The number of carbonyl (C=O) groups excluding carboxylic acids is 2. The summed E-state index contributed by atoms with van der Waals surface area (Å²) in [5.74, 6) is -0.311. The lowest BCUT2D eigenvalue weighted by molar-refractivity contribution is -0.140. The summed E-state index contributed by atoms with van der Waals surface area (Å²) in [6.07, 6.45) is 2.06. The number of nitrogens with one attached hydrogen (secondary N) is 1. The molecule has 8 nitrogen and oxygen atoms in total. The molecule has 3 aromatic rings. The number of benzene rings is 3. The van der Waals surface area contributed by atoms with Gasteiger partial charge in [0.2, 0.25) is 21.8 Å². The Kier molecular flexibility index (Phi) is 10.7. The molecule has 0 saturated carbocycles. The number of hydrogen-bond acceptors (Lipinski definition) is 5. The van der Waals surface area contributed by atoms with E-state index in [0.29, 0.717) is 11.4 Å². The maximum absolute atomic E-state index is 14.1. The summed E-state index contributed by atoms with van der Waals surface area (Å²) in [7, 11) is -2.36. The second kappa shape index (κ2) is 14.0. The van der Waals surface area contributed by atoms with Crippen LogP contribution in [-0.4, -0.2) is 57.1 Å². The predicted molar refractivity (Wildman–Crippen MR) is 159 cm³/mol. The second-order valence-electron chi connectivity index (χ2n) is 9.94. The molecule has 0 aliphatic rings. The number of amides is 2. The number of anilines is 1. The van der Waals surface area contributed by atoms with Crippen molar-refractivity contribution in [2.24, 2.45) is 0 Å². The highest BCUT2D eigenvalue weighted by Gasteiger charge is 2.33. The first-order valence-corrected chi connectivity index (χ1v) is 15.2. The summed E-state index contributed by atoms with van der Waals surface area (Å²) < 4.78 is 32.2. The molecule has 0 unspecified atom stereocenters. The minimum atomic E-state index is -3.85. The molecule has 0 bridgehead atoms. The van der Waals surface area contributed by atoms with Crippen molar-refractivity contribution in [1.82, 2.24) is 10.2 Å². The lowest BCUT2D eigenvalue weighted by Gasteiger charge is -2.34. The van der Waals surface area contributed by atoms with Crippen LogP contribution in [0.25, 0.3) is 0 Å². The molecular formula is C31H39N3O5S. The van der Waals surface area contributed by atoms with Crippen LogP contribution in [0.5, 0.6) is 5.75 Å². The Morgan fingerprint density at radius 2 is 1.65 bits per heavy atom. The van der Waals surface area contributed by atoms with Gasteiger partial charge in [-0.3, -0.25) is 13.9 Å². The van der Waals surface area contributed by atoms with Gasteiger partial charge in [-0.05, 0) is 49.1 Å². The van der Waals surface area contributed by atoms with Crippen molar-refractivity contribution in [2.75, 3.05) is 24.2 Å². The van der Waals surface area contributed by atoms with Crippen molar-refractivity contribution < 1.29 is 22.7 Å². The molecule has 9 heteroatoms. The highest BCUT2D eigenvalue weighted by atomic mass is 32.2. The van der Waals surface area contributed by atoms with E-state index < -0.39 is 28.5 Å². The Labute approximate surface area is 238 Å². The SMILES string of the molecule is CC[C@@H](C)NC(=O)[C@H](Cc1ccccc1)N(Cc1ccccc1C)C(=O)CN(c1cccc(OC)c1)S(C)(=O)=O. The molecule has 2 amide bonds. The van der Waals surface area contributed by atoms with Crippen molar-refractivity contribution in [3.63, 3.8) is 0 Å². The summed E-state index contributed by atoms with van der Waals surface area (Å²) in [5, 5.41) is 3.03. The van der Waals surface area contributed by atoms with E-state index in [-0.39, 0.29) is 24.9 Å². The summed E-state index contributed by atoms with van der Waals surface area (Å²) in [6.45, 7) is 5.51. The Morgan fingerprint density at radius 1 is 0.975 bits per heavy atom. The molecular weight excluding hydrogens is 526 g/mol. The van der Waals surface area contributed by atoms with Crippen LogP contribution >= 0.6 is 0 Å². The first kappa shape index (κ1) is 30.7. The third kappa shape index (κ3) is 8.32. The molecule has 3 rings (SSSR count). The number of methoxy groups -OCH3 is 1. The van der Waals surface area contributed by atoms with Crippen molar-refractivity contribution in [2.45, 2.75) is 52.2 Å². The van der Waals surface area contributed by atoms with Gasteiger partial charge in [0, 0.05) is 25.1 Å². The number of carbonyl (C=O) groups is 2. The lowest BCUT2D eigenvalue weighted by atomic mass is 10.0. The predicted octanol–water partition coefficient (Wildman–Crippen LogP) is 4.32. The summed E-state index contributed by atoms with van der Waals surface area (Å²) >= 11 is 0. The molecule has 2 atom stereocenters. The quantitative estimate of drug-likeness (QED) is 0.333. The van der Waals surface area contributed by atoms with Gasteiger partial charge in [0.05, 0.1) is 19.1 Å². The smallest absolute Gasteiger partial charge is 0.244 e. The fraction of sp³-hybridized carbons (Fsp3) is 0.355. The highest BCUT2D eigenvalue weighted by Crippen LogP contribution is 2.24. The van der Waals surface area contributed by atoms with E-state index in [4.69, 9.17) is 4.74 Å². The number of hydrogen-bond donors (Lipinski definition) is 1. The fourth-order valence-corrected chi connectivity index (χ4v) is 5.19. The number of ether oxygens (including phenoxy) is 1. The number of rotatable bonds is 13. The monoisotopic (exact) mass is 565 g/mol. The third-order valence-corrected chi connectivity index (χ3v) is 8.04. The zero-order valence-corrected chi connectivity index (χ0v) is 24.6. The van der Waals surface area contributed by atoms with Crippen molar-refractivity contribution in [3.05, 3.63) is 95.6 Å². The Morgan fingerprint density at radius 3 is 2.27 bits per heavy atom. The van der Waals surface area contributed by atoms with Gasteiger partial charge in [0.25, 0.3) is 0 Å². The standard InChI is InChI=1S/C31H39N3O5S/c1-6-24(3)32-31(36)29(19-25-14-8-7-9-15-25)33(21-26-16-11-10-13-23(26)2)30(35)22-34(40(5,37)38)27-17-12-18-28(20-27)39-4/h7-18,20,24,29H,6,19,21-22H2,1-5H3,(H,32,36)/t24-,29+/m1/s1. The Hall–Kier alpha value is -3.85. The largest absolute Gasteiger partial charge is 0.497 e. The first-order valence-electron chi connectivity index (χ1n) is 13.3. The Bertz CT molecular complexity index is 1390. The number of aryl methyl sites for hydroxylation is 1. The molecule has 0 aliphatic heterocycles. The molecule has 3 aromatic carbocycles. The Balaban J connectivity index is 2.07. The maximum Gasteiger partial charge on any atom is 0.244 e. The molecule has 0 saturated heterocycles. The minimum Gasteiger partial charge on any atom is -0.497 e. The summed E-state index contributed by atoms with van der Waals surface area (Å²) in [4.78, 5) is 29.4. The first-order chi connectivity index (χ1) is 19.0.